The van der Waals surface area contributed by atoms with Crippen LogP contribution in [0.1, 0.15) is 125 Å². The van der Waals surface area contributed by atoms with Gasteiger partial charge in [0.2, 0.25) is 0 Å². The fourth-order valence-electron chi connectivity index (χ4n) is 3.71. The molecule has 1 aromatic rings. The van der Waals surface area contributed by atoms with Crippen molar-refractivity contribution < 1.29 is 19.4 Å². The van der Waals surface area contributed by atoms with Crippen LogP contribution in [0.15, 0.2) is 18.2 Å². The molecule has 1 unspecified atom stereocenters. The first-order valence-corrected chi connectivity index (χ1v) is 12.0. The monoisotopic (exact) mass is 418 g/mol. The molecule has 0 spiro atoms. The Hall–Kier alpha value is -1.84. The highest BCUT2D eigenvalue weighted by molar-refractivity contribution is 5.94. The summed E-state index contributed by atoms with van der Waals surface area (Å²) in [5.74, 6) is -0.549. The van der Waals surface area contributed by atoms with Gasteiger partial charge in [-0.05, 0) is 61.8 Å². The Morgan fingerprint density at radius 2 is 1.60 bits per heavy atom. The second kappa shape index (κ2) is 15.0. The molecule has 4 heteroatoms. The lowest BCUT2D eigenvalue weighted by atomic mass is 9.97. The number of carbonyl (C=O) groups excluding carboxylic acids is 1. The van der Waals surface area contributed by atoms with Gasteiger partial charge in [0, 0.05) is 0 Å². The van der Waals surface area contributed by atoms with Crippen LogP contribution in [0.5, 0.6) is 0 Å². The number of aryl methyl sites for hydroxylation is 1. The average molecular weight is 419 g/mol. The Bertz CT molecular complexity index is 636. The first-order chi connectivity index (χ1) is 14.4. The van der Waals surface area contributed by atoms with Gasteiger partial charge in [0.25, 0.3) is 0 Å². The molecule has 0 aliphatic rings. The van der Waals surface area contributed by atoms with Gasteiger partial charge in [-0.25, -0.2) is 9.59 Å². The lowest BCUT2D eigenvalue weighted by Gasteiger charge is -2.18. The second-order valence-electron chi connectivity index (χ2n) is 8.81. The van der Waals surface area contributed by atoms with Crippen LogP contribution in [0.25, 0.3) is 0 Å². The molecule has 0 heterocycles. The maximum Gasteiger partial charge on any atom is 0.338 e. The average Bonchev–Trinajstić information content (AvgIpc) is 2.72. The van der Waals surface area contributed by atoms with Gasteiger partial charge < -0.3 is 9.84 Å². The summed E-state index contributed by atoms with van der Waals surface area (Å²) in [5, 5.41) is 9.34. The molecule has 0 fully saturated rings. The molecule has 1 rings (SSSR count). The summed E-state index contributed by atoms with van der Waals surface area (Å²) in [4.78, 5) is 24.2. The van der Waals surface area contributed by atoms with E-state index >= 15 is 0 Å². The topological polar surface area (TPSA) is 63.6 Å². The minimum atomic E-state index is -0.963. The summed E-state index contributed by atoms with van der Waals surface area (Å²) in [6.07, 6.45) is 12.6. The zero-order valence-electron chi connectivity index (χ0n) is 19.5. The number of ether oxygens (including phenoxy) is 1. The van der Waals surface area contributed by atoms with Crippen LogP contribution < -0.4 is 0 Å². The third-order valence-corrected chi connectivity index (χ3v) is 5.66. The quantitative estimate of drug-likeness (QED) is 0.224. The molecule has 0 aliphatic heterocycles. The van der Waals surface area contributed by atoms with Gasteiger partial charge in [-0.15, -0.1) is 0 Å². The minimum absolute atomic E-state index is 0.0719. The van der Waals surface area contributed by atoms with Gasteiger partial charge in [-0.3, -0.25) is 0 Å². The van der Waals surface area contributed by atoms with E-state index in [4.69, 9.17) is 4.74 Å². The lowest BCUT2D eigenvalue weighted by molar-refractivity contribution is 0.0265. The van der Waals surface area contributed by atoms with Crippen molar-refractivity contribution in [1.82, 2.24) is 0 Å². The van der Waals surface area contributed by atoms with E-state index in [0.29, 0.717) is 12.0 Å². The summed E-state index contributed by atoms with van der Waals surface area (Å²) in [6.45, 7) is 8.71. The van der Waals surface area contributed by atoms with Crippen molar-refractivity contribution in [3.63, 3.8) is 0 Å². The molecule has 170 valence electrons. The van der Waals surface area contributed by atoms with E-state index in [2.05, 4.69) is 20.8 Å². The number of hydrogen-bond donors (Lipinski definition) is 1. The molecule has 1 N–H and O–H groups in total. The molecule has 0 bridgehead atoms. The Morgan fingerprint density at radius 3 is 2.23 bits per heavy atom. The SMILES string of the molecule is CCCCCCC(CC)OC(=O)c1ccc(C(=O)O)cc1CCCCCCC(C)C. The second-order valence-corrected chi connectivity index (χ2v) is 8.81. The van der Waals surface area contributed by atoms with E-state index in [1.807, 2.05) is 6.92 Å². The summed E-state index contributed by atoms with van der Waals surface area (Å²) >= 11 is 0. The minimum Gasteiger partial charge on any atom is -0.478 e. The molecule has 0 radical (unpaired) electrons. The maximum absolute atomic E-state index is 12.8. The standard InChI is InChI=1S/C26H42O4/c1-5-7-8-13-16-23(6-2)30-26(29)24-18-17-22(25(27)28)19-21(24)15-12-10-9-11-14-20(3)4/h17-20,23H,5-16H2,1-4H3,(H,27,28). The van der Waals surface area contributed by atoms with Crippen LogP contribution in [0.2, 0.25) is 0 Å². The Labute approximate surface area is 183 Å². The van der Waals surface area contributed by atoms with Crippen molar-refractivity contribution in [1.29, 1.82) is 0 Å². The molecule has 0 amide bonds. The number of benzene rings is 1. The van der Waals surface area contributed by atoms with Crippen molar-refractivity contribution in [3.05, 3.63) is 34.9 Å². The van der Waals surface area contributed by atoms with Crippen molar-refractivity contribution >= 4 is 11.9 Å². The van der Waals surface area contributed by atoms with Gasteiger partial charge in [-0.1, -0.05) is 72.6 Å². The third-order valence-electron chi connectivity index (χ3n) is 5.66. The highest BCUT2D eigenvalue weighted by atomic mass is 16.5. The van der Waals surface area contributed by atoms with Crippen molar-refractivity contribution in [2.45, 2.75) is 111 Å². The largest absolute Gasteiger partial charge is 0.478 e. The molecule has 4 nitrogen and oxygen atoms in total. The number of aromatic carboxylic acids is 1. The van der Waals surface area contributed by atoms with Crippen molar-refractivity contribution in [2.75, 3.05) is 0 Å². The number of rotatable bonds is 16. The molecular weight excluding hydrogens is 376 g/mol. The van der Waals surface area contributed by atoms with Crippen LogP contribution in [-0.2, 0) is 11.2 Å². The predicted molar refractivity (Wildman–Crippen MR) is 123 cm³/mol. The van der Waals surface area contributed by atoms with Crippen LogP contribution in [-0.4, -0.2) is 23.1 Å². The highest BCUT2D eigenvalue weighted by Gasteiger charge is 2.19. The molecule has 0 saturated carbocycles. The zero-order chi connectivity index (χ0) is 22.4. The molecule has 0 aliphatic carbocycles. The number of carbonyl (C=O) groups is 2. The number of esters is 1. The van der Waals surface area contributed by atoms with Crippen molar-refractivity contribution in [3.8, 4) is 0 Å². The zero-order valence-corrected chi connectivity index (χ0v) is 19.5. The number of carboxylic acid groups (broad SMARTS) is 1. The first kappa shape index (κ1) is 26.2. The first-order valence-electron chi connectivity index (χ1n) is 12.0. The van der Waals surface area contributed by atoms with Crippen LogP contribution in [0.3, 0.4) is 0 Å². The number of hydrogen-bond acceptors (Lipinski definition) is 3. The summed E-state index contributed by atoms with van der Waals surface area (Å²) in [7, 11) is 0. The lowest BCUT2D eigenvalue weighted by Crippen LogP contribution is -2.19. The molecule has 0 saturated heterocycles. The Kier molecular flexibility index (Phi) is 13.1. The molecular formula is C26H42O4. The van der Waals surface area contributed by atoms with E-state index in [9.17, 15) is 14.7 Å². The maximum atomic E-state index is 12.8. The van der Waals surface area contributed by atoms with Crippen LogP contribution in [0.4, 0.5) is 0 Å². The summed E-state index contributed by atoms with van der Waals surface area (Å²) in [6, 6.07) is 4.78. The van der Waals surface area contributed by atoms with E-state index < -0.39 is 5.97 Å². The normalized spacial score (nSPS) is 12.2. The fourth-order valence-corrected chi connectivity index (χ4v) is 3.71. The summed E-state index contributed by atoms with van der Waals surface area (Å²) in [5.41, 5.74) is 1.55. The van der Waals surface area contributed by atoms with Gasteiger partial charge in [0.1, 0.15) is 6.10 Å². The fraction of sp³-hybridized carbons (Fsp3) is 0.692. The number of carboxylic acids is 1. The van der Waals surface area contributed by atoms with Crippen LogP contribution in [0, 0.1) is 5.92 Å². The van der Waals surface area contributed by atoms with Gasteiger partial charge in [0.05, 0.1) is 11.1 Å². The van der Waals surface area contributed by atoms with Gasteiger partial charge in [-0.2, -0.15) is 0 Å². The highest BCUT2D eigenvalue weighted by Crippen LogP contribution is 2.20. The number of unbranched alkanes of at least 4 members (excludes halogenated alkanes) is 6. The smallest absolute Gasteiger partial charge is 0.338 e. The van der Waals surface area contributed by atoms with E-state index in [0.717, 1.165) is 43.6 Å². The van der Waals surface area contributed by atoms with E-state index in [1.54, 1.807) is 12.1 Å². The summed E-state index contributed by atoms with van der Waals surface area (Å²) < 4.78 is 5.79. The third kappa shape index (κ3) is 10.3. The van der Waals surface area contributed by atoms with Crippen molar-refractivity contribution in [2.24, 2.45) is 5.92 Å². The van der Waals surface area contributed by atoms with E-state index in [-0.39, 0.29) is 17.6 Å². The molecule has 30 heavy (non-hydrogen) atoms. The van der Waals surface area contributed by atoms with Gasteiger partial charge >= 0.3 is 11.9 Å². The molecule has 1 atom stereocenters. The predicted octanol–water partition coefficient (Wildman–Crippen LogP) is 7.44. The van der Waals surface area contributed by atoms with E-state index in [1.165, 1.54) is 44.6 Å². The van der Waals surface area contributed by atoms with Crippen LogP contribution >= 0.6 is 0 Å². The Balaban J connectivity index is 2.73. The Morgan fingerprint density at radius 1 is 0.933 bits per heavy atom. The molecule has 1 aromatic carbocycles. The van der Waals surface area contributed by atoms with Gasteiger partial charge in [0.15, 0.2) is 0 Å². The molecule has 0 aromatic heterocycles.